The van der Waals surface area contributed by atoms with E-state index in [0.717, 1.165) is 5.92 Å². The number of hydrogen-bond donors (Lipinski definition) is 0. The summed E-state index contributed by atoms with van der Waals surface area (Å²) in [7, 11) is 0. The molecule has 7 heavy (non-hydrogen) atoms. The third kappa shape index (κ3) is 0.667. The minimum atomic E-state index is 0.625. The molecule has 1 aliphatic rings. The molecule has 0 aromatic carbocycles. The topological polar surface area (TPSA) is 0 Å². The lowest BCUT2D eigenvalue weighted by atomic mass is 10.0. The van der Waals surface area contributed by atoms with Gasteiger partial charge in [-0.2, -0.15) is 0 Å². The van der Waals surface area contributed by atoms with Crippen LogP contribution in [0.2, 0.25) is 0 Å². The lowest BCUT2D eigenvalue weighted by Crippen LogP contribution is -1.91. The molecule has 41 valence electrons. The lowest BCUT2D eigenvalue weighted by Gasteiger charge is -2.00. The van der Waals surface area contributed by atoms with Gasteiger partial charge in [-0.25, -0.2) is 0 Å². The summed E-state index contributed by atoms with van der Waals surface area (Å²) >= 11 is 0. The predicted molar refractivity (Wildman–Crippen MR) is 31.9 cm³/mol. The molecule has 0 N–H and O–H groups in total. The first-order chi connectivity index (χ1) is 3.19. The highest BCUT2D eigenvalue weighted by atomic mass is 14.5. The Kier molecular flexibility index (Phi) is 0.911. The molecular formula is C7H13. The molecule has 1 radical (unpaired) electrons. The molecule has 0 amide bonds. The van der Waals surface area contributed by atoms with Gasteiger partial charge in [-0.05, 0) is 24.2 Å². The molecular weight excluding hydrogens is 84.1 g/mol. The van der Waals surface area contributed by atoms with Gasteiger partial charge in [-0.3, -0.25) is 0 Å². The van der Waals surface area contributed by atoms with Crippen molar-refractivity contribution in [3.8, 4) is 0 Å². The third-order valence-corrected chi connectivity index (χ3v) is 2.37. The van der Waals surface area contributed by atoms with Crippen molar-refractivity contribution in [2.45, 2.75) is 27.2 Å². The predicted octanol–water partition coefficient (Wildman–Crippen LogP) is 2.26. The van der Waals surface area contributed by atoms with Crippen LogP contribution in [0, 0.1) is 17.8 Å². The first-order valence-electron chi connectivity index (χ1n) is 2.99. The van der Waals surface area contributed by atoms with Crippen molar-refractivity contribution in [1.82, 2.24) is 0 Å². The lowest BCUT2D eigenvalue weighted by molar-refractivity contribution is 0.611. The molecule has 0 saturated heterocycles. The molecule has 2 atom stereocenters. The van der Waals surface area contributed by atoms with Crippen molar-refractivity contribution < 1.29 is 0 Å². The van der Waals surface area contributed by atoms with Crippen LogP contribution in [0.15, 0.2) is 0 Å². The maximum absolute atomic E-state index is 2.32. The molecule has 2 unspecified atom stereocenters. The van der Waals surface area contributed by atoms with E-state index in [-0.39, 0.29) is 0 Å². The van der Waals surface area contributed by atoms with Crippen LogP contribution in [0.3, 0.4) is 0 Å². The fourth-order valence-electron chi connectivity index (χ4n) is 1.00. The largest absolute Gasteiger partial charge is 0.0620 e. The van der Waals surface area contributed by atoms with Gasteiger partial charge in [0.25, 0.3) is 0 Å². The van der Waals surface area contributed by atoms with Gasteiger partial charge in [0, 0.05) is 0 Å². The average molecular weight is 97.2 g/mol. The van der Waals surface area contributed by atoms with E-state index in [9.17, 15) is 0 Å². The van der Waals surface area contributed by atoms with Gasteiger partial charge < -0.3 is 0 Å². The Hall–Kier alpha value is 0. The van der Waals surface area contributed by atoms with Crippen LogP contribution in [-0.2, 0) is 0 Å². The fraction of sp³-hybridized carbons (Fsp3) is 0.857. The smallest absolute Gasteiger partial charge is 0.0269 e. The van der Waals surface area contributed by atoms with E-state index in [0.29, 0.717) is 5.41 Å². The van der Waals surface area contributed by atoms with Crippen molar-refractivity contribution in [2.75, 3.05) is 0 Å². The van der Waals surface area contributed by atoms with Gasteiger partial charge in [0.15, 0.2) is 0 Å². The van der Waals surface area contributed by atoms with Crippen LogP contribution >= 0.6 is 0 Å². The third-order valence-electron chi connectivity index (χ3n) is 2.37. The molecule has 0 bridgehead atoms. The number of rotatable bonds is 1. The zero-order valence-electron chi connectivity index (χ0n) is 5.36. The van der Waals surface area contributed by atoms with Crippen LogP contribution in [0.25, 0.3) is 0 Å². The van der Waals surface area contributed by atoms with Gasteiger partial charge >= 0.3 is 0 Å². The first-order valence-corrected chi connectivity index (χ1v) is 2.99. The van der Waals surface area contributed by atoms with Gasteiger partial charge in [0.2, 0.25) is 0 Å². The van der Waals surface area contributed by atoms with Gasteiger partial charge in [0.1, 0.15) is 0 Å². The molecule has 0 nitrogen and oxygen atoms in total. The van der Waals surface area contributed by atoms with E-state index in [2.05, 4.69) is 27.2 Å². The van der Waals surface area contributed by atoms with E-state index in [1.807, 2.05) is 0 Å². The van der Waals surface area contributed by atoms with E-state index in [1.165, 1.54) is 6.42 Å². The molecule has 1 rings (SSSR count). The second-order valence-corrected chi connectivity index (χ2v) is 2.90. The summed E-state index contributed by atoms with van der Waals surface area (Å²) in [5.74, 6) is 0.956. The second kappa shape index (κ2) is 1.24. The molecule has 0 aliphatic heterocycles. The maximum atomic E-state index is 2.32. The molecule has 1 fully saturated rings. The fourth-order valence-corrected chi connectivity index (χ4v) is 1.00. The summed E-state index contributed by atoms with van der Waals surface area (Å²) in [6.45, 7) is 6.78. The van der Waals surface area contributed by atoms with Crippen molar-refractivity contribution in [1.29, 1.82) is 0 Å². The Morgan fingerprint density at radius 2 is 2.14 bits per heavy atom. The van der Waals surface area contributed by atoms with Gasteiger partial charge in [-0.1, -0.05) is 20.8 Å². The summed E-state index contributed by atoms with van der Waals surface area (Å²) < 4.78 is 0. The Bertz CT molecular complexity index is 72.1. The van der Waals surface area contributed by atoms with Crippen molar-refractivity contribution >= 4 is 0 Å². The van der Waals surface area contributed by atoms with Crippen molar-refractivity contribution in [3.63, 3.8) is 0 Å². The van der Waals surface area contributed by atoms with Crippen LogP contribution < -0.4 is 0 Å². The van der Waals surface area contributed by atoms with Crippen LogP contribution in [0.1, 0.15) is 27.2 Å². The summed E-state index contributed by atoms with van der Waals surface area (Å²) in [5.41, 5.74) is 0.625. The molecule has 0 aromatic heterocycles. The average Bonchev–Trinajstić information content (AvgIpc) is 2.18. The first kappa shape index (κ1) is 5.14. The second-order valence-electron chi connectivity index (χ2n) is 2.90. The summed E-state index contributed by atoms with van der Waals surface area (Å²) in [5, 5.41) is 0. The Balaban J connectivity index is 2.36. The van der Waals surface area contributed by atoms with Crippen LogP contribution in [0.4, 0.5) is 0 Å². The Morgan fingerprint density at radius 1 is 1.71 bits per heavy atom. The van der Waals surface area contributed by atoms with Crippen molar-refractivity contribution in [2.24, 2.45) is 11.3 Å². The Morgan fingerprint density at radius 3 is 2.14 bits per heavy atom. The highest BCUT2D eigenvalue weighted by molar-refractivity contribution is 5.03. The molecule has 0 spiro atoms. The zero-order chi connectivity index (χ0) is 5.49. The quantitative estimate of drug-likeness (QED) is 0.470. The standard InChI is InChI=1S/C7H13/c1-4-7(3)5-6(7)2/h4,6H,5H2,1-3H3. The molecule has 1 saturated carbocycles. The molecule has 0 heteroatoms. The van der Waals surface area contributed by atoms with E-state index >= 15 is 0 Å². The highest BCUT2D eigenvalue weighted by Crippen LogP contribution is 2.53. The summed E-state index contributed by atoms with van der Waals surface area (Å²) in [4.78, 5) is 0. The van der Waals surface area contributed by atoms with Crippen LogP contribution in [0.5, 0.6) is 0 Å². The van der Waals surface area contributed by atoms with E-state index < -0.39 is 0 Å². The monoisotopic (exact) mass is 97.1 g/mol. The molecule has 0 heterocycles. The normalized spacial score (nSPS) is 49.3. The maximum Gasteiger partial charge on any atom is -0.0269 e. The summed E-state index contributed by atoms with van der Waals surface area (Å²) in [6, 6.07) is 0. The van der Waals surface area contributed by atoms with Crippen LogP contribution in [-0.4, -0.2) is 0 Å². The van der Waals surface area contributed by atoms with Gasteiger partial charge in [-0.15, -0.1) is 0 Å². The van der Waals surface area contributed by atoms with Gasteiger partial charge in [0.05, 0.1) is 0 Å². The van der Waals surface area contributed by atoms with E-state index in [4.69, 9.17) is 0 Å². The van der Waals surface area contributed by atoms with E-state index in [1.54, 1.807) is 0 Å². The Labute approximate surface area is 45.9 Å². The molecule has 1 aliphatic carbocycles. The molecule has 0 aromatic rings. The summed E-state index contributed by atoms with van der Waals surface area (Å²) in [6.07, 6.45) is 3.72. The zero-order valence-corrected chi connectivity index (χ0v) is 5.36. The SMILES string of the molecule is C[CH]C1(C)CC1C. The highest BCUT2D eigenvalue weighted by Gasteiger charge is 2.44. The number of hydrogen-bond acceptors (Lipinski definition) is 0. The minimum absolute atomic E-state index is 0.625. The minimum Gasteiger partial charge on any atom is -0.0620 e. The van der Waals surface area contributed by atoms with Crippen molar-refractivity contribution in [3.05, 3.63) is 6.42 Å².